The number of carbonyl (C=O) groups is 1. The van der Waals surface area contributed by atoms with Gasteiger partial charge in [0.1, 0.15) is 17.6 Å². The Labute approximate surface area is 249 Å². The molecule has 11 heteroatoms. The number of methoxy groups -OCH3 is 1. The molecule has 1 aromatic heterocycles. The molecule has 0 bridgehead atoms. The Kier molecular flexibility index (Phi) is 8.50. The second kappa shape index (κ2) is 12.3. The standard InChI is InChI=1S/C32H24ClF4N3O3/c1-18-38-31(43-40-18)28(15-19-4-3-5-21(14-19)23-8-12-27(34)26(33)17-23)39-30(41)25-16-22(9-13-29(25)42-2)20-6-10-24(11-7-20)32(35,36)37/h3-14,16-17,28H,15H2,1-2H3,(H,39,41)/t28-/m1/s1. The van der Waals surface area contributed by atoms with E-state index < -0.39 is 29.5 Å². The first-order valence-electron chi connectivity index (χ1n) is 13.0. The highest BCUT2D eigenvalue weighted by atomic mass is 35.5. The number of halogens is 5. The summed E-state index contributed by atoms with van der Waals surface area (Å²) in [7, 11) is 1.41. The van der Waals surface area contributed by atoms with Crippen molar-refractivity contribution in [1.29, 1.82) is 0 Å². The van der Waals surface area contributed by atoms with Crippen molar-refractivity contribution in [2.75, 3.05) is 7.11 Å². The Balaban J connectivity index is 1.44. The first kappa shape index (κ1) is 29.8. The number of aryl methyl sites for hydroxylation is 1. The second-order valence-corrected chi connectivity index (χ2v) is 10.1. The Hall–Kier alpha value is -4.70. The average Bonchev–Trinajstić information content (AvgIpc) is 3.43. The number of carbonyl (C=O) groups excluding carboxylic acids is 1. The maximum Gasteiger partial charge on any atom is 0.416 e. The molecule has 220 valence electrons. The molecular formula is C32H24ClF4N3O3. The highest BCUT2D eigenvalue weighted by Gasteiger charge is 2.30. The van der Waals surface area contributed by atoms with Crippen molar-refractivity contribution in [2.45, 2.75) is 25.6 Å². The van der Waals surface area contributed by atoms with Crippen LogP contribution in [0.5, 0.6) is 5.75 Å². The number of hydrogen-bond donors (Lipinski definition) is 1. The van der Waals surface area contributed by atoms with E-state index in [0.717, 1.165) is 23.3 Å². The van der Waals surface area contributed by atoms with Gasteiger partial charge in [-0.25, -0.2) is 4.39 Å². The lowest BCUT2D eigenvalue weighted by Gasteiger charge is -2.18. The molecule has 0 aliphatic carbocycles. The number of rotatable bonds is 8. The number of ether oxygens (including phenoxy) is 1. The quantitative estimate of drug-likeness (QED) is 0.179. The first-order valence-corrected chi connectivity index (χ1v) is 13.4. The molecule has 4 aromatic carbocycles. The third kappa shape index (κ3) is 6.86. The summed E-state index contributed by atoms with van der Waals surface area (Å²) >= 11 is 5.98. The molecule has 1 atom stereocenters. The fourth-order valence-corrected chi connectivity index (χ4v) is 4.78. The fourth-order valence-electron chi connectivity index (χ4n) is 4.60. The van der Waals surface area contributed by atoms with Crippen molar-refractivity contribution in [2.24, 2.45) is 0 Å². The molecular weight excluding hydrogens is 586 g/mol. The number of alkyl halides is 3. The predicted molar refractivity (Wildman–Crippen MR) is 153 cm³/mol. The SMILES string of the molecule is COc1ccc(-c2ccc(C(F)(F)F)cc2)cc1C(=O)N[C@H](Cc1cccc(-c2ccc(F)c(Cl)c2)c1)c1nc(C)no1. The van der Waals surface area contributed by atoms with Crippen LogP contribution in [-0.2, 0) is 12.6 Å². The molecule has 0 unspecified atom stereocenters. The molecule has 0 radical (unpaired) electrons. The van der Waals surface area contributed by atoms with Crippen molar-refractivity contribution in [3.8, 4) is 28.0 Å². The summed E-state index contributed by atoms with van der Waals surface area (Å²) in [5.41, 5.74) is 2.72. The van der Waals surface area contributed by atoms with Crippen LogP contribution in [0.2, 0.25) is 5.02 Å². The monoisotopic (exact) mass is 609 g/mol. The van der Waals surface area contributed by atoms with Gasteiger partial charge >= 0.3 is 6.18 Å². The molecule has 0 saturated carbocycles. The maximum atomic E-state index is 13.7. The summed E-state index contributed by atoms with van der Waals surface area (Å²) in [5.74, 6) is -0.213. The summed E-state index contributed by atoms with van der Waals surface area (Å²) in [6, 6.07) is 20.6. The Morgan fingerprint density at radius 1 is 0.953 bits per heavy atom. The van der Waals surface area contributed by atoms with Crippen LogP contribution in [0, 0.1) is 12.7 Å². The second-order valence-electron chi connectivity index (χ2n) is 9.73. The van der Waals surface area contributed by atoms with Gasteiger partial charge in [-0.1, -0.05) is 65.3 Å². The molecule has 0 aliphatic heterocycles. The van der Waals surface area contributed by atoms with Gasteiger partial charge in [-0.05, 0) is 71.1 Å². The van der Waals surface area contributed by atoms with E-state index in [1.54, 1.807) is 31.2 Å². The number of benzene rings is 4. The van der Waals surface area contributed by atoms with E-state index in [-0.39, 0.29) is 28.6 Å². The molecule has 5 aromatic rings. The lowest BCUT2D eigenvalue weighted by molar-refractivity contribution is -0.137. The van der Waals surface area contributed by atoms with E-state index in [1.165, 1.54) is 31.4 Å². The first-order chi connectivity index (χ1) is 20.5. The minimum absolute atomic E-state index is 0.00171. The molecule has 0 saturated heterocycles. The van der Waals surface area contributed by atoms with Crippen molar-refractivity contribution in [1.82, 2.24) is 15.5 Å². The van der Waals surface area contributed by atoms with Crippen LogP contribution >= 0.6 is 11.6 Å². The van der Waals surface area contributed by atoms with E-state index >= 15 is 0 Å². The molecule has 43 heavy (non-hydrogen) atoms. The normalized spacial score (nSPS) is 12.2. The molecule has 1 heterocycles. The molecule has 1 N–H and O–H groups in total. The number of nitrogens with zero attached hydrogens (tertiary/aromatic N) is 2. The van der Waals surface area contributed by atoms with Crippen LogP contribution in [0.25, 0.3) is 22.3 Å². The number of aromatic nitrogens is 2. The lowest BCUT2D eigenvalue weighted by atomic mass is 9.98. The minimum Gasteiger partial charge on any atom is -0.496 e. The number of hydrogen-bond acceptors (Lipinski definition) is 5. The minimum atomic E-state index is -4.46. The van der Waals surface area contributed by atoms with Gasteiger partial charge in [-0.2, -0.15) is 18.2 Å². The van der Waals surface area contributed by atoms with Crippen molar-refractivity contribution >= 4 is 17.5 Å². The molecule has 0 aliphatic rings. The average molecular weight is 610 g/mol. The van der Waals surface area contributed by atoms with Gasteiger partial charge in [0.05, 0.1) is 23.3 Å². The largest absolute Gasteiger partial charge is 0.496 e. The van der Waals surface area contributed by atoms with Gasteiger partial charge < -0.3 is 14.6 Å². The number of nitrogens with one attached hydrogen (secondary N) is 1. The van der Waals surface area contributed by atoms with E-state index in [1.807, 2.05) is 24.3 Å². The smallest absolute Gasteiger partial charge is 0.416 e. The van der Waals surface area contributed by atoms with E-state index in [0.29, 0.717) is 22.5 Å². The van der Waals surface area contributed by atoms with Crippen LogP contribution in [0.15, 0.2) is 89.5 Å². The Morgan fingerprint density at radius 2 is 1.63 bits per heavy atom. The van der Waals surface area contributed by atoms with Gasteiger partial charge in [0.2, 0.25) is 5.89 Å². The van der Waals surface area contributed by atoms with E-state index in [9.17, 15) is 22.4 Å². The van der Waals surface area contributed by atoms with Crippen LogP contribution in [0.4, 0.5) is 17.6 Å². The molecule has 5 rings (SSSR count). The van der Waals surface area contributed by atoms with Gasteiger partial charge in [0.25, 0.3) is 5.91 Å². The Bertz CT molecular complexity index is 1770. The fraction of sp³-hybridized carbons (Fsp3) is 0.156. The lowest BCUT2D eigenvalue weighted by Crippen LogP contribution is -2.30. The highest BCUT2D eigenvalue weighted by molar-refractivity contribution is 6.31. The third-order valence-electron chi connectivity index (χ3n) is 6.76. The van der Waals surface area contributed by atoms with Crippen LogP contribution in [0.1, 0.15) is 39.2 Å². The summed E-state index contributed by atoms with van der Waals surface area (Å²) in [4.78, 5) is 18.0. The zero-order valence-electron chi connectivity index (χ0n) is 22.9. The maximum absolute atomic E-state index is 13.7. The van der Waals surface area contributed by atoms with Gasteiger partial charge in [-0.15, -0.1) is 0 Å². The van der Waals surface area contributed by atoms with Crippen molar-refractivity contribution in [3.05, 3.63) is 124 Å². The molecule has 6 nitrogen and oxygen atoms in total. The van der Waals surface area contributed by atoms with Gasteiger partial charge in [0, 0.05) is 6.42 Å². The zero-order valence-corrected chi connectivity index (χ0v) is 23.6. The third-order valence-corrected chi connectivity index (χ3v) is 7.05. The molecule has 0 fully saturated rings. The zero-order chi connectivity index (χ0) is 30.7. The van der Waals surface area contributed by atoms with Crippen LogP contribution < -0.4 is 10.1 Å². The Morgan fingerprint density at radius 3 is 2.28 bits per heavy atom. The highest BCUT2D eigenvalue weighted by Crippen LogP contribution is 2.33. The van der Waals surface area contributed by atoms with Gasteiger partial charge in [0.15, 0.2) is 5.82 Å². The predicted octanol–water partition coefficient (Wildman–Crippen LogP) is 8.25. The van der Waals surface area contributed by atoms with Crippen LogP contribution in [0.3, 0.4) is 0 Å². The van der Waals surface area contributed by atoms with E-state index in [2.05, 4.69) is 15.5 Å². The van der Waals surface area contributed by atoms with Gasteiger partial charge in [-0.3, -0.25) is 4.79 Å². The van der Waals surface area contributed by atoms with Crippen molar-refractivity contribution < 1.29 is 31.6 Å². The van der Waals surface area contributed by atoms with Crippen LogP contribution in [-0.4, -0.2) is 23.2 Å². The topological polar surface area (TPSA) is 77.2 Å². The molecule has 0 spiro atoms. The summed E-state index contributed by atoms with van der Waals surface area (Å²) in [6.45, 7) is 1.65. The summed E-state index contributed by atoms with van der Waals surface area (Å²) in [6.07, 6.45) is -4.20. The summed E-state index contributed by atoms with van der Waals surface area (Å²) < 4.78 is 63.7. The number of amides is 1. The van der Waals surface area contributed by atoms with Crippen molar-refractivity contribution in [3.63, 3.8) is 0 Å². The molecule has 1 amide bonds. The van der Waals surface area contributed by atoms with E-state index in [4.69, 9.17) is 20.9 Å². The summed E-state index contributed by atoms with van der Waals surface area (Å²) in [5, 5.41) is 6.80.